The minimum Gasteiger partial charge on any atom is -0.474 e. The maximum Gasteiger partial charge on any atom is 0.259 e. The zero-order chi connectivity index (χ0) is 18.7. The van der Waals surface area contributed by atoms with E-state index in [1.165, 1.54) is 0 Å². The van der Waals surface area contributed by atoms with Gasteiger partial charge in [-0.2, -0.15) is 0 Å². The standard InChI is InChI=1S/C17H23ClN4O3S/c1-12(2)22-10-17(20-11-22)26(23,24)21-14-4-6-15(7-5-14)25-16-8-3-13(18)9-19-16/h3,8-12,14-15,21H,4-7H2,1-2H3. The average Bonchev–Trinajstić information content (AvgIpc) is 3.10. The van der Waals surface area contributed by atoms with Crippen LogP contribution in [0, 0.1) is 0 Å². The highest BCUT2D eigenvalue weighted by atomic mass is 35.5. The van der Waals surface area contributed by atoms with Crippen molar-refractivity contribution in [2.75, 3.05) is 0 Å². The number of ether oxygens (including phenoxy) is 1. The molecule has 2 aromatic heterocycles. The van der Waals surface area contributed by atoms with Crippen LogP contribution in [0.1, 0.15) is 45.6 Å². The lowest BCUT2D eigenvalue weighted by Crippen LogP contribution is -2.39. The van der Waals surface area contributed by atoms with E-state index in [0.717, 1.165) is 12.8 Å². The second-order valence-corrected chi connectivity index (χ2v) is 8.88. The number of nitrogens with one attached hydrogen (secondary N) is 1. The Hall–Kier alpha value is -1.64. The van der Waals surface area contributed by atoms with Crippen LogP contribution >= 0.6 is 11.6 Å². The van der Waals surface area contributed by atoms with Gasteiger partial charge in [-0.3, -0.25) is 0 Å². The van der Waals surface area contributed by atoms with Gasteiger partial charge in [-0.25, -0.2) is 23.1 Å². The first-order chi connectivity index (χ1) is 12.3. The molecule has 0 aromatic carbocycles. The first-order valence-electron chi connectivity index (χ1n) is 8.67. The van der Waals surface area contributed by atoms with Crippen LogP contribution in [0.5, 0.6) is 5.88 Å². The number of pyridine rings is 1. The lowest BCUT2D eigenvalue weighted by molar-refractivity contribution is 0.138. The molecule has 1 saturated carbocycles. The highest BCUT2D eigenvalue weighted by Gasteiger charge is 2.28. The normalized spacial score (nSPS) is 21.1. The Morgan fingerprint density at radius 3 is 2.54 bits per heavy atom. The van der Waals surface area contributed by atoms with E-state index in [0.29, 0.717) is 23.7 Å². The number of imidazole rings is 1. The van der Waals surface area contributed by atoms with Gasteiger partial charge < -0.3 is 9.30 Å². The molecule has 0 bridgehead atoms. The molecule has 0 aliphatic heterocycles. The summed E-state index contributed by atoms with van der Waals surface area (Å²) in [6.07, 6.45) is 7.63. The molecule has 0 radical (unpaired) electrons. The summed E-state index contributed by atoms with van der Waals surface area (Å²) >= 11 is 5.81. The zero-order valence-electron chi connectivity index (χ0n) is 14.8. The van der Waals surface area contributed by atoms with Gasteiger partial charge >= 0.3 is 0 Å². The number of nitrogens with zero attached hydrogens (tertiary/aromatic N) is 3. The Morgan fingerprint density at radius 2 is 1.96 bits per heavy atom. The molecule has 0 atom stereocenters. The second kappa shape index (κ2) is 7.94. The van der Waals surface area contributed by atoms with E-state index in [1.807, 2.05) is 13.8 Å². The molecule has 1 aliphatic carbocycles. The van der Waals surface area contributed by atoms with Crippen LogP contribution in [-0.4, -0.2) is 35.1 Å². The molecule has 142 valence electrons. The largest absolute Gasteiger partial charge is 0.474 e. The van der Waals surface area contributed by atoms with Crippen molar-refractivity contribution < 1.29 is 13.2 Å². The minimum absolute atomic E-state index is 0.0320. The molecule has 7 nitrogen and oxygen atoms in total. The van der Waals surface area contributed by atoms with Crippen LogP contribution < -0.4 is 9.46 Å². The lowest BCUT2D eigenvalue weighted by Gasteiger charge is -2.28. The van der Waals surface area contributed by atoms with Gasteiger partial charge in [0.15, 0.2) is 5.03 Å². The van der Waals surface area contributed by atoms with Crippen molar-refractivity contribution in [1.82, 2.24) is 19.3 Å². The quantitative estimate of drug-likeness (QED) is 0.807. The summed E-state index contributed by atoms with van der Waals surface area (Å²) in [5.41, 5.74) is 0. The van der Waals surface area contributed by atoms with Crippen molar-refractivity contribution >= 4 is 21.6 Å². The topological polar surface area (TPSA) is 86.1 Å². The fraction of sp³-hybridized carbons (Fsp3) is 0.529. The molecule has 0 unspecified atom stereocenters. The van der Waals surface area contributed by atoms with Crippen LogP contribution in [0.15, 0.2) is 35.9 Å². The molecule has 1 aliphatic rings. The molecule has 1 fully saturated rings. The van der Waals surface area contributed by atoms with E-state index in [-0.39, 0.29) is 23.2 Å². The predicted molar refractivity (Wildman–Crippen MR) is 98.9 cm³/mol. The molecule has 3 rings (SSSR count). The third-order valence-electron chi connectivity index (χ3n) is 4.43. The molecule has 0 amide bonds. The highest BCUT2D eigenvalue weighted by Crippen LogP contribution is 2.24. The van der Waals surface area contributed by atoms with E-state index < -0.39 is 10.0 Å². The monoisotopic (exact) mass is 398 g/mol. The number of sulfonamides is 1. The van der Waals surface area contributed by atoms with Crippen LogP contribution in [-0.2, 0) is 10.0 Å². The second-order valence-electron chi connectivity index (χ2n) is 6.78. The molecule has 2 aromatic rings. The maximum atomic E-state index is 12.5. The summed E-state index contributed by atoms with van der Waals surface area (Å²) in [6, 6.07) is 3.53. The number of rotatable bonds is 6. The van der Waals surface area contributed by atoms with Crippen LogP contribution in [0.2, 0.25) is 5.02 Å². The summed E-state index contributed by atoms with van der Waals surface area (Å²) < 4.78 is 35.4. The van der Waals surface area contributed by atoms with Gasteiger partial charge in [0.2, 0.25) is 5.88 Å². The molecule has 26 heavy (non-hydrogen) atoms. The summed E-state index contributed by atoms with van der Waals surface area (Å²) in [5, 5.41) is 0.630. The molecule has 0 saturated heterocycles. The average molecular weight is 399 g/mol. The molecule has 2 heterocycles. The number of hydrogen-bond acceptors (Lipinski definition) is 5. The molecular weight excluding hydrogens is 376 g/mol. The van der Waals surface area contributed by atoms with Crippen molar-refractivity contribution in [3.63, 3.8) is 0 Å². The Morgan fingerprint density at radius 1 is 1.23 bits per heavy atom. The SMILES string of the molecule is CC(C)n1cnc(S(=O)(=O)NC2CCC(Oc3ccc(Cl)cn3)CC2)c1. The van der Waals surface area contributed by atoms with Crippen molar-refractivity contribution in [3.05, 3.63) is 35.9 Å². The molecular formula is C17H23ClN4O3S. The highest BCUT2D eigenvalue weighted by molar-refractivity contribution is 7.89. The van der Waals surface area contributed by atoms with Gasteiger partial charge in [0.25, 0.3) is 10.0 Å². The maximum absolute atomic E-state index is 12.5. The van der Waals surface area contributed by atoms with Gasteiger partial charge in [0.1, 0.15) is 6.10 Å². The van der Waals surface area contributed by atoms with E-state index >= 15 is 0 Å². The van der Waals surface area contributed by atoms with Crippen molar-refractivity contribution in [1.29, 1.82) is 0 Å². The van der Waals surface area contributed by atoms with E-state index in [4.69, 9.17) is 16.3 Å². The van der Waals surface area contributed by atoms with E-state index in [1.54, 1.807) is 35.4 Å². The van der Waals surface area contributed by atoms with Gasteiger partial charge in [0.05, 0.1) is 11.3 Å². The number of hydrogen-bond donors (Lipinski definition) is 1. The third-order valence-corrected chi connectivity index (χ3v) is 6.06. The summed E-state index contributed by atoms with van der Waals surface area (Å²) in [4.78, 5) is 8.15. The fourth-order valence-corrected chi connectivity index (χ4v) is 4.27. The van der Waals surface area contributed by atoms with E-state index in [9.17, 15) is 8.42 Å². The Bertz CT molecular complexity index is 828. The molecule has 9 heteroatoms. The van der Waals surface area contributed by atoms with Crippen LogP contribution in [0.4, 0.5) is 0 Å². The Kier molecular flexibility index (Phi) is 5.84. The van der Waals surface area contributed by atoms with Gasteiger partial charge in [-0.05, 0) is 45.6 Å². The van der Waals surface area contributed by atoms with Gasteiger partial charge in [0, 0.05) is 30.5 Å². The zero-order valence-corrected chi connectivity index (χ0v) is 16.4. The van der Waals surface area contributed by atoms with Gasteiger partial charge in [-0.15, -0.1) is 0 Å². The van der Waals surface area contributed by atoms with E-state index in [2.05, 4.69) is 14.7 Å². The van der Waals surface area contributed by atoms with Gasteiger partial charge in [-0.1, -0.05) is 11.6 Å². The number of aromatic nitrogens is 3. The predicted octanol–water partition coefficient (Wildman–Crippen LogP) is 3.18. The first kappa shape index (κ1) is 19.1. The first-order valence-corrected chi connectivity index (χ1v) is 10.5. The fourth-order valence-electron chi connectivity index (χ4n) is 2.92. The Balaban J connectivity index is 1.53. The lowest BCUT2D eigenvalue weighted by atomic mass is 9.94. The summed E-state index contributed by atoms with van der Waals surface area (Å²) in [5.74, 6) is 0.539. The van der Waals surface area contributed by atoms with Crippen LogP contribution in [0.3, 0.4) is 0 Å². The molecule has 1 N–H and O–H groups in total. The minimum atomic E-state index is -3.60. The smallest absolute Gasteiger partial charge is 0.259 e. The summed E-state index contributed by atoms with van der Waals surface area (Å²) in [6.45, 7) is 3.95. The van der Waals surface area contributed by atoms with Crippen molar-refractivity contribution in [3.8, 4) is 5.88 Å². The van der Waals surface area contributed by atoms with Crippen molar-refractivity contribution in [2.24, 2.45) is 0 Å². The van der Waals surface area contributed by atoms with Crippen LogP contribution in [0.25, 0.3) is 0 Å². The van der Waals surface area contributed by atoms with Crippen molar-refractivity contribution in [2.45, 2.75) is 62.7 Å². The Labute approximate surface area is 158 Å². The molecule has 0 spiro atoms. The third kappa shape index (κ3) is 4.75. The number of halogens is 1. The summed E-state index contributed by atoms with van der Waals surface area (Å²) in [7, 11) is -3.60.